The second-order valence-electron chi connectivity index (χ2n) is 6.33. The van der Waals surface area contributed by atoms with Gasteiger partial charge in [0.1, 0.15) is 6.04 Å². The standard InChI is InChI=1S/C20H25N3O/c21-19(16-9-4-3-5-10-16)20(24)22-17-11-8-12-18(15-17)23-13-6-1-2-7-14-23/h3-5,8-12,15,19H,1-2,6-7,13-14,21H2,(H,22,24). The van der Waals surface area contributed by atoms with E-state index in [9.17, 15) is 4.79 Å². The molecule has 1 amide bonds. The van der Waals surface area contributed by atoms with Gasteiger partial charge in [0.15, 0.2) is 0 Å². The Bertz CT molecular complexity index is 664. The van der Waals surface area contributed by atoms with Gasteiger partial charge in [-0.05, 0) is 36.6 Å². The molecule has 3 N–H and O–H groups in total. The van der Waals surface area contributed by atoms with E-state index in [0.717, 1.165) is 24.3 Å². The van der Waals surface area contributed by atoms with Crippen molar-refractivity contribution in [2.75, 3.05) is 23.3 Å². The molecule has 1 aliphatic rings. The minimum absolute atomic E-state index is 0.186. The first kappa shape index (κ1) is 16.5. The SMILES string of the molecule is NC(C(=O)Nc1cccc(N2CCCCCC2)c1)c1ccccc1. The van der Waals surface area contributed by atoms with Crippen LogP contribution in [0.1, 0.15) is 37.3 Å². The van der Waals surface area contributed by atoms with Crippen molar-refractivity contribution in [1.82, 2.24) is 0 Å². The number of anilines is 2. The molecule has 1 fully saturated rings. The molecule has 1 unspecified atom stereocenters. The first-order valence-electron chi connectivity index (χ1n) is 8.70. The Kier molecular flexibility index (Phi) is 5.49. The van der Waals surface area contributed by atoms with Crippen LogP contribution in [-0.4, -0.2) is 19.0 Å². The second-order valence-corrected chi connectivity index (χ2v) is 6.33. The maximum atomic E-state index is 12.4. The Hall–Kier alpha value is -2.33. The highest BCUT2D eigenvalue weighted by molar-refractivity contribution is 5.95. The predicted molar refractivity (Wildman–Crippen MR) is 99.1 cm³/mol. The highest BCUT2D eigenvalue weighted by Crippen LogP contribution is 2.23. The number of nitrogens with two attached hydrogens (primary N) is 1. The van der Waals surface area contributed by atoms with Crippen LogP contribution >= 0.6 is 0 Å². The zero-order valence-corrected chi connectivity index (χ0v) is 13.9. The van der Waals surface area contributed by atoms with Crippen LogP contribution in [0.2, 0.25) is 0 Å². The van der Waals surface area contributed by atoms with Crippen molar-refractivity contribution in [3.8, 4) is 0 Å². The number of carbonyl (C=O) groups excluding carboxylic acids is 1. The molecule has 126 valence electrons. The summed E-state index contributed by atoms with van der Waals surface area (Å²) in [6.07, 6.45) is 5.07. The third kappa shape index (κ3) is 4.15. The van der Waals surface area contributed by atoms with Crippen LogP contribution in [0.25, 0.3) is 0 Å². The van der Waals surface area contributed by atoms with Crippen molar-refractivity contribution < 1.29 is 4.79 Å². The van der Waals surface area contributed by atoms with Crippen LogP contribution in [0.5, 0.6) is 0 Å². The predicted octanol–water partition coefficient (Wildman–Crippen LogP) is 3.71. The lowest BCUT2D eigenvalue weighted by molar-refractivity contribution is -0.117. The lowest BCUT2D eigenvalue weighted by Crippen LogP contribution is -2.28. The molecular formula is C20H25N3O. The highest BCUT2D eigenvalue weighted by Gasteiger charge is 2.16. The molecule has 1 atom stereocenters. The fourth-order valence-electron chi connectivity index (χ4n) is 3.14. The van der Waals surface area contributed by atoms with E-state index in [0.29, 0.717) is 0 Å². The fourth-order valence-corrected chi connectivity index (χ4v) is 3.14. The van der Waals surface area contributed by atoms with Crippen LogP contribution in [0.4, 0.5) is 11.4 Å². The Morgan fingerprint density at radius 3 is 2.38 bits per heavy atom. The van der Waals surface area contributed by atoms with Gasteiger partial charge in [0.2, 0.25) is 5.91 Å². The Balaban J connectivity index is 1.68. The summed E-state index contributed by atoms with van der Waals surface area (Å²) in [4.78, 5) is 14.8. The van der Waals surface area contributed by atoms with Gasteiger partial charge < -0.3 is 16.0 Å². The van der Waals surface area contributed by atoms with Gasteiger partial charge in [-0.2, -0.15) is 0 Å². The molecule has 0 spiro atoms. The van der Waals surface area contributed by atoms with Gasteiger partial charge in [-0.25, -0.2) is 0 Å². The summed E-state index contributed by atoms with van der Waals surface area (Å²) in [7, 11) is 0. The number of nitrogens with zero attached hydrogens (tertiary/aromatic N) is 1. The Morgan fingerprint density at radius 1 is 0.958 bits per heavy atom. The van der Waals surface area contributed by atoms with Crippen LogP contribution in [0.15, 0.2) is 54.6 Å². The summed E-state index contributed by atoms with van der Waals surface area (Å²) in [5.74, 6) is -0.186. The number of hydrogen-bond donors (Lipinski definition) is 2. The van der Waals surface area contributed by atoms with Crippen LogP contribution < -0.4 is 16.0 Å². The van der Waals surface area contributed by atoms with E-state index >= 15 is 0 Å². The van der Waals surface area contributed by atoms with Gasteiger partial charge in [0.25, 0.3) is 0 Å². The van der Waals surface area contributed by atoms with Crippen molar-refractivity contribution >= 4 is 17.3 Å². The van der Waals surface area contributed by atoms with Crippen molar-refractivity contribution in [2.24, 2.45) is 5.73 Å². The number of benzene rings is 2. The molecule has 1 heterocycles. The topological polar surface area (TPSA) is 58.4 Å². The first-order valence-corrected chi connectivity index (χ1v) is 8.70. The van der Waals surface area contributed by atoms with E-state index in [1.165, 1.54) is 31.4 Å². The molecule has 4 nitrogen and oxygen atoms in total. The lowest BCUT2D eigenvalue weighted by atomic mass is 10.1. The fraction of sp³-hybridized carbons (Fsp3) is 0.350. The maximum Gasteiger partial charge on any atom is 0.245 e. The maximum absolute atomic E-state index is 12.4. The summed E-state index contributed by atoms with van der Waals surface area (Å²) >= 11 is 0. The number of carbonyl (C=O) groups is 1. The molecule has 1 saturated heterocycles. The Morgan fingerprint density at radius 2 is 1.67 bits per heavy atom. The van der Waals surface area contributed by atoms with Gasteiger partial charge >= 0.3 is 0 Å². The minimum Gasteiger partial charge on any atom is -0.371 e. The average Bonchev–Trinajstić information content (AvgIpc) is 2.91. The van der Waals surface area contributed by atoms with Gasteiger partial charge in [0.05, 0.1) is 0 Å². The zero-order chi connectivity index (χ0) is 16.8. The summed E-state index contributed by atoms with van der Waals surface area (Å²) in [6, 6.07) is 16.8. The van der Waals surface area contributed by atoms with E-state index in [2.05, 4.69) is 16.3 Å². The molecule has 2 aromatic rings. The smallest absolute Gasteiger partial charge is 0.245 e. The third-order valence-electron chi connectivity index (χ3n) is 4.53. The molecule has 1 aliphatic heterocycles. The average molecular weight is 323 g/mol. The first-order chi connectivity index (χ1) is 11.7. The van der Waals surface area contributed by atoms with Crippen molar-refractivity contribution in [1.29, 1.82) is 0 Å². The highest BCUT2D eigenvalue weighted by atomic mass is 16.2. The normalized spacial score (nSPS) is 16.3. The summed E-state index contributed by atoms with van der Waals surface area (Å²) in [5.41, 5.74) is 8.85. The van der Waals surface area contributed by atoms with Crippen LogP contribution in [-0.2, 0) is 4.79 Å². The van der Waals surface area contributed by atoms with Gasteiger partial charge in [-0.1, -0.05) is 49.2 Å². The van der Waals surface area contributed by atoms with Crippen molar-refractivity contribution in [3.63, 3.8) is 0 Å². The zero-order valence-electron chi connectivity index (χ0n) is 13.9. The van der Waals surface area contributed by atoms with Gasteiger partial charge in [-0.3, -0.25) is 4.79 Å². The molecule has 0 aromatic heterocycles. The van der Waals surface area contributed by atoms with Crippen LogP contribution in [0.3, 0.4) is 0 Å². The van der Waals surface area contributed by atoms with Crippen molar-refractivity contribution in [2.45, 2.75) is 31.7 Å². The molecule has 3 rings (SSSR count). The molecule has 0 bridgehead atoms. The van der Waals surface area contributed by atoms with Crippen molar-refractivity contribution in [3.05, 3.63) is 60.2 Å². The van der Waals surface area contributed by atoms with E-state index in [1.807, 2.05) is 48.5 Å². The van der Waals surface area contributed by atoms with Gasteiger partial charge in [0, 0.05) is 24.5 Å². The molecular weight excluding hydrogens is 298 g/mol. The third-order valence-corrected chi connectivity index (χ3v) is 4.53. The molecule has 2 aromatic carbocycles. The van der Waals surface area contributed by atoms with E-state index in [4.69, 9.17) is 5.73 Å². The largest absolute Gasteiger partial charge is 0.371 e. The van der Waals surface area contributed by atoms with Crippen LogP contribution in [0, 0.1) is 0 Å². The Labute approximate surface area is 143 Å². The summed E-state index contributed by atoms with van der Waals surface area (Å²) < 4.78 is 0. The van der Waals surface area contributed by atoms with Gasteiger partial charge in [-0.15, -0.1) is 0 Å². The minimum atomic E-state index is -0.659. The number of rotatable bonds is 4. The monoisotopic (exact) mass is 323 g/mol. The number of nitrogens with one attached hydrogen (secondary N) is 1. The van der Waals surface area contributed by atoms with E-state index in [1.54, 1.807) is 0 Å². The quantitative estimate of drug-likeness (QED) is 0.902. The summed E-state index contributed by atoms with van der Waals surface area (Å²) in [6.45, 7) is 2.17. The number of hydrogen-bond acceptors (Lipinski definition) is 3. The summed E-state index contributed by atoms with van der Waals surface area (Å²) in [5, 5.41) is 2.94. The second kappa shape index (κ2) is 7.97. The lowest BCUT2D eigenvalue weighted by Gasteiger charge is -2.23. The van der Waals surface area contributed by atoms with E-state index < -0.39 is 6.04 Å². The molecule has 0 aliphatic carbocycles. The molecule has 4 heteroatoms. The number of amides is 1. The molecule has 24 heavy (non-hydrogen) atoms. The molecule has 0 saturated carbocycles. The van der Waals surface area contributed by atoms with E-state index in [-0.39, 0.29) is 5.91 Å². The molecule has 0 radical (unpaired) electrons.